The van der Waals surface area contributed by atoms with Crippen molar-refractivity contribution in [2.24, 2.45) is 28.6 Å². The van der Waals surface area contributed by atoms with Crippen molar-refractivity contribution >= 4 is 5.78 Å². The summed E-state index contributed by atoms with van der Waals surface area (Å²) in [4.78, 5) is 12.4. The highest BCUT2D eigenvalue weighted by atomic mass is 16.3. The molecule has 4 aliphatic rings. The van der Waals surface area contributed by atoms with Gasteiger partial charge in [0.15, 0.2) is 0 Å². The van der Waals surface area contributed by atoms with E-state index in [9.17, 15) is 9.90 Å². The zero-order valence-electron chi connectivity index (χ0n) is 14.3. The molecular formula is C20H30O2. The molecule has 0 aliphatic heterocycles. The van der Waals surface area contributed by atoms with Crippen molar-refractivity contribution in [2.75, 3.05) is 0 Å². The fourth-order valence-electron chi connectivity index (χ4n) is 6.58. The lowest BCUT2D eigenvalue weighted by Crippen LogP contribution is -2.51. The van der Waals surface area contributed by atoms with Crippen LogP contribution in [0.5, 0.6) is 0 Å². The molecule has 0 spiro atoms. The SMILES string of the molecule is C[C@]1(O)CC[C@@]2(C)C(=CC[C@@H]3[C@@H]2CC[C@]2(C)C(=O)CC[C@@H]32)C1. The second-order valence-electron chi connectivity index (χ2n) is 9.35. The van der Waals surface area contributed by atoms with Crippen LogP contribution in [0.25, 0.3) is 0 Å². The Bertz CT molecular complexity index is 546. The highest BCUT2D eigenvalue weighted by molar-refractivity contribution is 5.87. The van der Waals surface area contributed by atoms with E-state index >= 15 is 0 Å². The number of fused-ring (bicyclic) bond motifs is 5. The Labute approximate surface area is 134 Å². The lowest BCUT2D eigenvalue weighted by atomic mass is 9.47. The second-order valence-corrected chi connectivity index (χ2v) is 9.35. The summed E-state index contributed by atoms with van der Waals surface area (Å²) < 4.78 is 0. The zero-order chi connectivity index (χ0) is 15.8. The number of hydrogen-bond acceptors (Lipinski definition) is 2. The fourth-order valence-corrected chi connectivity index (χ4v) is 6.58. The van der Waals surface area contributed by atoms with E-state index in [1.807, 2.05) is 6.92 Å². The van der Waals surface area contributed by atoms with Crippen LogP contribution in [0, 0.1) is 28.6 Å². The van der Waals surface area contributed by atoms with E-state index in [0.29, 0.717) is 17.6 Å². The van der Waals surface area contributed by atoms with Crippen molar-refractivity contribution in [3.05, 3.63) is 11.6 Å². The van der Waals surface area contributed by atoms with Crippen LogP contribution in [0.15, 0.2) is 11.6 Å². The topological polar surface area (TPSA) is 37.3 Å². The van der Waals surface area contributed by atoms with Crippen LogP contribution >= 0.6 is 0 Å². The van der Waals surface area contributed by atoms with Crippen molar-refractivity contribution < 1.29 is 9.90 Å². The van der Waals surface area contributed by atoms with Gasteiger partial charge in [0.25, 0.3) is 0 Å². The van der Waals surface area contributed by atoms with Crippen molar-refractivity contribution in [1.29, 1.82) is 0 Å². The molecule has 0 aromatic heterocycles. The van der Waals surface area contributed by atoms with Gasteiger partial charge in [-0.3, -0.25) is 4.79 Å². The van der Waals surface area contributed by atoms with Crippen molar-refractivity contribution in [1.82, 2.24) is 0 Å². The lowest BCUT2D eigenvalue weighted by Gasteiger charge is -2.57. The maximum atomic E-state index is 12.4. The van der Waals surface area contributed by atoms with Gasteiger partial charge in [0.2, 0.25) is 0 Å². The smallest absolute Gasteiger partial charge is 0.139 e. The van der Waals surface area contributed by atoms with Gasteiger partial charge in [-0.2, -0.15) is 0 Å². The standard InChI is InChI=1S/C20H30O2/c1-18(22)10-11-19(2)13(12-18)4-5-14-15-6-7-17(21)20(15,3)9-8-16(14)19/h4,14-16,22H,5-12H2,1-3H3/t14-,15-,16-,18-,19-,20-/m0/s1. The van der Waals surface area contributed by atoms with Crippen LogP contribution in [-0.2, 0) is 4.79 Å². The molecule has 4 aliphatic carbocycles. The minimum Gasteiger partial charge on any atom is -0.390 e. The molecule has 4 rings (SSSR count). The van der Waals surface area contributed by atoms with E-state index in [-0.39, 0.29) is 10.8 Å². The predicted molar refractivity (Wildman–Crippen MR) is 87.3 cm³/mol. The van der Waals surface area contributed by atoms with Crippen molar-refractivity contribution in [3.63, 3.8) is 0 Å². The van der Waals surface area contributed by atoms with E-state index in [1.54, 1.807) is 0 Å². The molecule has 2 heteroatoms. The molecule has 22 heavy (non-hydrogen) atoms. The third-order valence-electron chi connectivity index (χ3n) is 8.09. The summed E-state index contributed by atoms with van der Waals surface area (Å²) in [7, 11) is 0. The molecule has 3 fully saturated rings. The zero-order valence-corrected chi connectivity index (χ0v) is 14.3. The first-order valence-corrected chi connectivity index (χ1v) is 9.21. The van der Waals surface area contributed by atoms with Crippen LogP contribution < -0.4 is 0 Å². The van der Waals surface area contributed by atoms with Crippen LogP contribution in [0.4, 0.5) is 0 Å². The van der Waals surface area contributed by atoms with Gasteiger partial charge in [0.05, 0.1) is 5.60 Å². The monoisotopic (exact) mass is 302 g/mol. The van der Waals surface area contributed by atoms with Crippen LogP contribution in [0.1, 0.15) is 72.1 Å². The maximum Gasteiger partial charge on any atom is 0.139 e. The van der Waals surface area contributed by atoms with E-state index in [2.05, 4.69) is 19.9 Å². The molecule has 0 amide bonds. The first-order chi connectivity index (χ1) is 10.3. The van der Waals surface area contributed by atoms with Gasteiger partial charge in [-0.1, -0.05) is 25.5 Å². The van der Waals surface area contributed by atoms with Crippen LogP contribution in [0.2, 0.25) is 0 Å². The maximum absolute atomic E-state index is 12.4. The first kappa shape index (κ1) is 14.9. The molecule has 122 valence electrons. The summed E-state index contributed by atoms with van der Waals surface area (Å²) in [6.07, 6.45) is 10.7. The van der Waals surface area contributed by atoms with Crippen LogP contribution in [0.3, 0.4) is 0 Å². The van der Waals surface area contributed by atoms with Gasteiger partial charge in [-0.25, -0.2) is 0 Å². The molecule has 0 bridgehead atoms. The number of rotatable bonds is 0. The first-order valence-electron chi connectivity index (χ1n) is 9.21. The van der Waals surface area contributed by atoms with Crippen molar-refractivity contribution in [2.45, 2.75) is 77.7 Å². The van der Waals surface area contributed by atoms with Gasteiger partial charge >= 0.3 is 0 Å². The van der Waals surface area contributed by atoms with Gasteiger partial charge in [0.1, 0.15) is 5.78 Å². The molecule has 0 saturated heterocycles. The minimum atomic E-state index is -0.509. The van der Waals surface area contributed by atoms with Gasteiger partial charge in [0, 0.05) is 11.8 Å². The Kier molecular flexibility index (Phi) is 3.03. The minimum absolute atomic E-state index is 0.0248. The van der Waals surface area contributed by atoms with Gasteiger partial charge < -0.3 is 5.11 Å². The summed E-state index contributed by atoms with van der Waals surface area (Å²) in [5.41, 5.74) is 1.25. The predicted octanol–water partition coefficient (Wildman–Crippen LogP) is 4.27. The quantitative estimate of drug-likeness (QED) is 0.679. The summed E-state index contributed by atoms with van der Waals surface area (Å²) in [6, 6.07) is 0. The third kappa shape index (κ3) is 1.85. The molecule has 0 aromatic rings. The Morgan fingerprint density at radius 3 is 2.55 bits per heavy atom. The molecule has 0 heterocycles. The lowest BCUT2D eigenvalue weighted by molar-refractivity contribution is -0.132. The summed E-state index contributed by atoms with van der Waals surface area (Å²) in [6.45, 7) is 6.69. The molecule has 6 atom stereocenters. The second kappa shape index (κ2) is 4.47. The van der Waals surface area contributed by atoms with Gasteiger partial charge in [-0.15, -0.1) is 0 Å². The molecule has 3 saturated carbocycles. The molecule has 0 radical (unpaired) electrons. The average Bonchev–Trinajstić information content (AvgIpc) is 2.76. The number of aliphatic hydroxyl groups is 1. The molecule has 1 N–H and O–H groups in total. The van der Waals surface area contributed by atoms with E-state index < -0.39 is 5.60 Å². The number of carbonyl (C=O) groups is 1. The van der Waals surface area contributed by atoms with Gasteiger partial charge in [-0.05, 0) is 75.0 Å². The summed E-state index contributed by atoms with van der Waals surface area (Å²) >= 11 is 0. The highest BCUT2D eigenvalue weighted by Gasteiger charge is 2.59. The summed E-state index contributed by atoms with van der Waals surface area (Å²) in [5.74, 6) is 2.56. The Balaban J connectivity index is 1.69. The molecule has 2 nitrogen and oxygen atoms in total. The number of ketones is 1. The molecular weight excluding hydrogens is 272 g/mol. The Morgan fingerprint density at radius 1 is 1.05 bits per heavy atom. The van der Waals surface area contributed by atoms with E-state index in [1.165, 1.54) is 12.0 Å². The average molecular weight is 302 g/mol. The fraction of sp³-hybridized carbons (Fsp3) is 0.850. The number of Topliss-reactive ketones (excluding diaryl/α,β-unsaturated/α-hetero) is 1. The van der Waals surface area contributed by atoms with E-state index in [4.69, 9.17) is 0 Å². The Hall–Kier alpha value is -0.630. The number of carbonyl (C=O) groups excluding carboxylic acids is 1. The number of hydrogen-bond donors (Lipinski definition) is 1. The normalized spacial score (nSPS) is 54.3. The number of allylic oxidation sites excluding steroid dienone is 1. The summed E-state index contributed by atoms with van der Waals surface area (Å²) in [5, 5.41) is 10.5. The van der Waals surface area contributed by atoms with Crippen LogP contribution in [-0.4, -0.2) is 16.5 Å². The molecule has 0 unspecified atom stereocenters. The van der Waals surface area contributed by atoms with E-state index in [0.717, 1.165) is 50.9 Å². The largest absolute Gasteiger partial charge is 0.390 e. The van der Waals surface area contributed by atoms with Crippen molar-refractivity contribution in [3.8, 4) is 0 Å². The third-order valence-corrected chi connectivity index (χ3v) is 8.09. The molecule has 0 aromatic carbocycles. The highest BCUT2D eigenvalue weighted by Crippen LogP contribution is 2.64. The Morgan fingerprint density at radius 2 is 1.77 bits per heavy atom.